The van der Waals surface area contributed by atoms with Gasteiger partial charge in [-0.2, -0.15) is 4.31 Å². The molecule has 1 fully saturated rings. The van der Waals surface area contributed by atoms with Crippen molar-refractivity contribution < 1.29 is 17.6 Å². The Labute approximate surface area is 184 Å². The van der Waals surface area contributed by atoms with E-state index in [1.54, 1.807) is 0 Å². The summed E-state index contributed by atoms with van der Waals surface area (Å²) in [4.78, 5) is 16.8. The first-order valence-electron chi connectivity index (χ1n) is 9.93. The first-order valence-corrected chi connectivity index (χ1v) is 12.2. The van der Waals surface area contributed by atoms with Crippen LogP contribution in [0.5, 0.6) is 0 Å². The fraction of sp³-hybridized carbons (Fsp3) is 0.273. The maximum Gasteiger partial charge on any atom is 0.245 e. The first-order chi connectivity index (χ1) is 14.8. The van der Waals surface area contributed by atoms with Crippen LogP contribution in [0.15, 0.2) is 58.8 Å². The second-order valence-corrected chi connectivity index (χ2v) is 10.3. The van der Waals surface area contributed by atoms with Gasteiger partial charge in [0, 0.05) is 30.0 Å². The van der Waals surface area contributed by atoms with Gasteiger partial charge < -0.3 is 5.32 Å². The van der Waals surface area contributed by atoms with Crippen molar-refractivity contribution in [2.45, 2.75) is 24.7 Å². The van der Waals surface area contributed by atoms with E-state index in [4.69, 9.17) is 0 Å². The molecule has 0 aliphatic carbocycles. The lowest BCUT2D eigenvalue weighted by Gasteiger charge is -2.30. The molecule has 0 unspecified atom stereocenters. The number of thiazole rings is 1. The minimum atomic E-state index is -3.91. The van der Waals surface area contributed by atoms with Crippen LogP contribution in [0.25, 0.3) is 11.3 Å². The summed E-state index contributed by atoms with van der Waals surface area (Å²) in [6, 6.07) is 13.3. The zero-order valence-corrected chi connectivity index (χ0v) is 18.5. The van der Waals surface area contributed by atoms with Crippen molar-refractivity contribution in [3.8, 4) is 11.3 Å². The molecule has 0 radical (unpaired) electrons. The van der Waals surface area contributed by atoms with E-state index in [-0.39, 0.29) is 29.8 Å². The molecule has 162 valence electrons. The molecule has 0 atom stereocenters. The number of nitrogens with one attached hydrogen (secondary N) is 1. The molecule has 0 spiro atoms. The van der Waals surface area contributed by atoms with Gasteiger partial charge in [0.2, 0.25) is 15.9 Å². The summed E-state index contributed by atoms with van der Waals surface area (Å²) in [6.07, 6.45) is 0.741. The van der Waals surface area contributed by atoms with Crippen molar-refractivity contribution in [1.82, 2.24) is 9.29 Å². The Morgan fingerprint density at radius 2 is 1.81 bits per heavy atom. The molecule has 3 aromatic rings. The molecule has 0 bridgehead atoms. The van der Waals surface area contributed by atoms with Crippen molar-refractivity contribution in [2.75, 3.05) is 18.4 Å². The van der Waals surface area contributed by atoms with Crippen molar-refractivity contribution in [3.05, 3.63) is 65.3 Å². The number of sulfonamides is 1. The van der Waals surface area contributed by atoms with E-state index < -0.39 is 15.8 Å². The van der Waals surface area contributed by atoms with Crippen LogP contribution in [0, 0.1) is 18.7 Å². The average molecular weight is 460 g/mol. The molecule has 1 amide bonds. The predicted molar refractivity (Wildman–Crippen MR) is 119 cm³/mol. The third-order valence-electron chi connectivity index (χ3n) is 5.36. The highest BCUT2D eigenvalue weighted by Gasteiger charge is 2.33. The van der Waals surface area contributed by atoms with Gasteiger partial charge >= 0.3 is 0 Å². The van der Waals surface area contributed by atoms with Gasteiger partial charge in [-0.15, -0.1) is 11.3 Å². The van der Waals surface area contributed by atoms with E-state index in [0.717, 1.165) is 22.9 Å². The van der Waals surface area contributed by atoms with Crippen LogP contribution in [0.4, 0.5) is 9.52 Å². The molecule has 1 aliphatic rings. The molecule has 6 nitrogen and oxygen atoms in total. The Kier molecular flexibility index (Phi) is 6.17. The van der Waals surface area contributed by atoms with Gasteiger partial charge in [0.25, 0.3) is 0 Å². The van der Waals surface area contributed by atoms with E-state index in [1.165, 1.54) is 33.8 Å². The summed E-state index contributed by atoms with van der Waals surface area (Å²) in [5, 5.41) is 5.26. The number of carbonyl (C=O) groups is 1. The zero-order chi connectivity index (χ0) is 22.0. The van der Waals surface area contributed by atoms with Gasteiger partial charge in [0.05, 0.1) is 5.69 Å². The van der Waals surface area contributed by atoms with Crippen LogP contribution in [-0.4, -0.2) is 36.7 Å². The summed E-state index contributed by atoms with van der Waals surface area (Å²) in [7, 11) is -3.91. The normalized spacial score (nSPS) is 15.7. The van der Waals surface area contributed by atoms with Crippen molar-refractivity contribution >= 4 is 32.4 Å². The fourth-order valence-corrected chi connectivity index (χ4v) is 5.80. The Bertz CT molecular complexity index is 1180. The number of carbonyl (C=O) groups excluding carboxylic acids is 1. The number of anilines is 1. The molecular formula is C22H22FN3O3S2. The van der Waals surface area contributed by atoms with E-state index in [9.17, 15) is 17.6 Å². The number of benzene rings is 2. The van der Waals surface area contributed by atoms with Gasteiger partial charge in [-0.25, -0.2) is 17.8 Å². The van der Waals surface area contributed by atoms with Crippen LogP contribution in [0.2, 0.25) is 0 Å². The third kappa shape index (κ3) is 4.68. The lowest BCUT2D eigenvalue weighted by atomic mass is 9.97. The highest BCUT2D eigenvalue weighted by atomic mass is 32.2. The first kappa shape index (κ1) is 21.6. The van der Waals surface area contributed by atoms with Gasteiger partial charge in [-0.05, 0) is 31.9 Å². The highest BCUT2D eigenvalue weighted by Crippen LogP contribution is 2.28. The number of rotatable bonds is 5. The molecule has 2 heterocycles. The van der Waals surface area contributed by atoms with Crippen LogP contribution >= 0.6 is 11.3 Å². The fourth-order valence-electron chi connectivity index (χ4n) is 3.55. The maximum atomic E-state index is 14.0. The lowest BCUT2D eigenvalue weighted by Crippen LogP contribution is -2.41. The molecule has 9 heteroatoms. The van der Waals surface area contributed by atoms with Crippen LogP contribution < -0.4 is 5.32 Å². The zero-order valence-electron chi connectivity index (χ0n) is 16.9. The van der Waals surface area contributed by atoms with E-state index in [0.29, 0.717) is 18.0 Å². The van der Waals surface area contributed by atoms with E-state index in [1.807, 2.05) is 36.6 Å². The number of piperidine rings is 1. The summed E-state index contributed by atoms with van der Waals surface area (Å²) in [5.74, 6) is -1.26. The molecule has 1 saturated heterocycles. The van der Waals surface area contributed by atoms with Gasteiger partial charge in [-0.1, -0.05) is 42.0 Å². The topological polar surface area (TPSA) is 79.4 Å². The number of amides is 1. The summed E-state index contributed by atoms with van der Waals surface area (Å²) < 4.78 is 40.6. The molecule has 1 N–H and O–H groups in total. The van der Waals surface area contributed by atoms with Crippen molar-refractivity contribution in [2.24, 2.45) is 5.92 Å². The number of hydrogen-bond acceptors (Lipinski definition) is 5. The summed E-state index contributed by atoms with van der Waals surface area (Å²) in [6.45, 7) is 2.35. The third-order valence-corrected chi connectivity index (χ3v) is 8.05. The smallest absolute Gasteiger partial charge is 0.245 e. The number of aromatic nitrogens is 1. The van der Waals surface area contributed by atoms with Gasteiger partial charge in [0.15, 0.2) is 5.13 Å². The minimum absolute atomic E-state index is 0.168. The number of aryl methyl sites for hydroxylation is 1. The number of nitrogens with zero attached hydrogens (tertiary/aromatic N) is 2. The largest absolute Gasteiger partial charge is 0.302 e. The van der Waals surface area contributed by atoms with Crippen molar-refractivity contribution in [1.29, 1.82) is 0 Å². The molecule has 1 aliphatic heterocycles. The van der Waals surface area contributed by atoms with Crippen LogP contribution in [0.1, 0.15) is 18.4 Å². The second kappa shape index (κ2) is 8.86. The maximum absolute atomic E-state index is 14.0. The number of hydrogen-bond donors (Lipinski definition) is 1. The monoisotopic (exact) mass is 459 g/mol. The average Bonchev–Trinajstić information content (AvgIpc) is 3.23. The Balaban J connectivity index is 1.37. The molecular weight excluding hydrogens is 437 g/mol. The quantitative estimate of drug-likeness (QED) is 0.617. The lowest BCUT2D eigenvalue weighted by molar-refractivity contribution is -0.120. The van der Waals surface area contributed by atoms with Gasteiger partial charge in [-0.3, -0.25) is 4.79 Å². The van der Waals surface area contributed by atoms with Crippen LogP contribution in [-0.2, 0) is 14.8 Å². The number of halogens is 1. The second-order valence-electron chi connectivity index (χ2n) is 7.50. The van der Waals surface area contributed by atoms with Crippen molar-refractivity contribution in [3.63, 3.8) is 0 Å². The van der Waals surface area contributed by atoms with E-state index >= 15 is 0 Å². The Morgan fingerprint density at radius 1 is 1.13 bits per heavy atom. The standard InChI is InChI=1S/C22H22FN3O3S2/c1-15-6-8-16(9-7-15)19-14-30-22(24-19)25-21(27)17-10-12-26(13-11-17)31(28,29)20-5-3-2-4-18(20)23/h2-9,14,17H,10-13H2,1H3,(H,24,25,27). The molecule has 4 rings (SSSR count). The molecule has 0 saturated carbocycles. The van der Waals surface area contributed by atoms with Gasteiger partial charge in [0.1, 0.15) is 10.7 Å². The summed E-state index contributed by atoms with van der Waals surface area (Å²) in [5.41, 5.74) is 2.94. The molecule has 1 aromatic heterocycles. The predicted octanol–water partition coefficient (Wildman–Crippen LogP) is 4.30. The minimum Gasteiger partial charge on any atom is -0.302 e. The Morgan fingerprint density at radius 3 is 2.48 bits per heavy atom. The van der Waals surface area contributed by atoms with Crippen LogP contribution in [0.3, 0.4) is 0 Å². The highest BCUT2D eigenvalue weighted by molar-refractivity contribution is 7.89. The Hall–Kier alpha value is -2.62. The summed E-state index contributed by atoms with van der Waals surface area (Å²) >= 11 is 1.35. The molecule has 31 heavy (non-hydrogen) atoms. The van der Waals surface area contributed by atoms with E-state index in [2.05, 4.69) is 10.3 Å². The SMILES string of the molecule is Cc1ccc(-c2csc(NC(=O)C3CCN(S(=O)(=O)c4ccccc4F)CC3)n2)cc1. The molecule has 2 aromatic carbocycles.